The lowest BCUT2D eigenvalue weighted by Crippen LogP contribution is -2.26. The quantitative estimate of drug-likeness (QED) is 0.696. The third-order valence-corrected chi connectivity index (χ3v) is 4.55. The van der Waals surface area contributed by atoms with Gasteiger partial charge in [0.05, 0.1) is 24.1 Å². The summed E-state index contributed by atoms with van der Waals surface area (Å²) in [5.41, 5.74) is 2.97. The van der Waals surface area contributed by atoms with Crippen LogP contribution in [0.3, 0.4) is 0 Å². The molecule has 3 aromatic heterocycles. The van der Waals surface area contributed by atoms with Gasteiger partial charge in [-0.25, -0.2) is 0 Å². The third kappa shape index (κ3) is 3.65. The summed E-state index contributed by atoms with van der Waals surface area (Å²) >= 11 is 1.60. The van der Waals surface area contributed by atoms with Crippen molar-refractivity contribution in [2.45, 2.75) is 20.4 Å². The Kier molecular flexibility index (Phi) is 4.96. The van der Waals surface area contributed by atoms with E-state index >= 15 is 0 Å². The first-order valence-electron chi connectivity index (χ1n) is 7.72. The average molecular weight is 341 g/mol. The van der Waals surface area contributed by atoms with Gasteiger partial charge in [0.15, 0.2) is 0 Å². The average Bonchev–Trinajstić information content (AvgIpc) is 3.28. The highest BCUT2D eigenvalue weighted by Crippen LogP contribution is 2.26. The highest BCUT2D eigenvalue weighted by molar-refractivity contribution is 7.10. The summed E-state index contributed by atoms with van der Waals surface area (Å²) in [5.74, 6) is 0.718. The molecule has 0 unspecified atom stereocenters. The number of hydrogen-bond acceptors (Lipinski definition) is 4. The number of aryl methyl sites for hydroxylation is 1. The molecule has 0 saturated carbocycles. The molecule has 0 aromatic carbocycles. The Balaban J connectivity index is 1.57. The van der Waals surface area contributed by atoms with Gasteiger partial charge in [-0.15, -0.1) is 11.3 Å². The number of amides is 1. The van der Waals surface area contributed by atoms with Gasteiger partial charge < -0.3 is 9.73 Å². The van der Waals surface area contributed by atoms with Gasteiger partial charge in [0.2, 0.25) is 5.91 Å². The molecular formula is C18H19N3O2S. The summed E-state index contributed by atoms with van der Waals surface area (Å²) < 4.78 is 7.37. The van der Waals surface area contributed by atoms with E-state index in [0.29, 0.717) is 13.1 Å². The minimum absolute atomic E-state index is 0.101. The number of rotatable bonds is 6. The topological polar surface area (TPSA) is 60.1 Å². The van der Waals surface area contributed by atoms with E-state index in [1.54, 1.807) is 23.7 Å². The molecule has 5 nitrogen and oxygen atoms in total. The minimum Gasteiger partial charge on any atom is -0.464 e. The Hall–Kier alpha value is -2.60. The van der Waals surface area contributed by atoms with Crippen LogP contribution in [0.15, 0.2) is 46.4 Å². The number of thiophene rings is 1. The molecule has 0 aliphatic carbocycles. The van der Waals surface area contributed by atoms with Crippen molar-refractivity contribution in [1.29, 1.82) is 0 Å². The number of hydrogen-bond donors (Lipinski definition) is 1. The number of nitrogens with one attached hydrogen (secondary N) is 1. The van der Waals surface area contributed by atoms with Crippen molar-refractivity contribution in [3.05, 3.63) is 58.2 Å². The van der Waals surface area contributed by atoms with E-state index in [-0.39, 0.29) is 5.91 Å². The summed E-state index contributed by atoms with van der Waals surface area (Å²) in [4.78, 5) is 12.9. The van der Waals surface area contributed by atoms with E-state index in [4.69, 9.17) is 4.42 Å². The molecule has 3 aromatic rings. The van der Waals surface area contributed by atoms with E-state index < -0.39 is 0 Å². The molecule has 0 fully saturated rings. The van der Waals surface area contributed by atoms with Crippen molar-refractivity contribution in [3.8, 4) is 11.3 Å². The summed E-state index contributed by atoms with van der Waals surface area (Å²) in [7, 11) is 0. The smallest absolute Gasteiger partial charge is 0.244 e. The maximum Gasteiger partial charge on any atom is 0.244 e. The van der Waals surface area contributed by atoms with Gasteiger partial charge in [0, 0.05) is 23.2 Å². The normalized spacial score (nSPS) is 11.2. The van der Waals surface area contributed by atoms with Crippen LogP contribution < -0.4 is 5.32 Å². The Morgan fingerprint density at radius 2 is 2.25 bits per heavy atom. The molecular weight excluding hydrogens is 322 g/mol. The minimum atomic E-state index is -0.101. The van der Waals surface area contributed by atoms with Crippen molar-refractivity contribution in [3.63, 3.8) is 0 Å². The number of nitrogens with zero attached hydrogens (tertiary/aromatic N) is 2. The van der Waals surface area contributed by atoms with Gasteiger partial charge in [0.1, 0.15) is 5.76 Å². The summed E-state index contributed by atoms with van der Waals surface area (Å²) in [6.07, 6.45) is 5.03. The van der Waals surface area contributed by atoms with Gasteiger partial charge in [-0.2, -0.15) is 5.10 Å². The zero-order valence-corrected chi connectivity index (χ0v) is 14.5. The van der Waals surface area contributed by atoms with Crippen LogP contribution in [0.5, 0.6) is 0 Å². The van der Waals surface area contributed by atoms with Gasteiger partial charge >= 0.3 is 0 Å². The molecule has 24 heavy (non-hydrogen) atoms. The molecule has 0 bridgehead atoms. The van der Waals surface area contributed by atoms with Gasteiger partial charge in [0.25, 0.3) is 0 Å². The number of carbonyl (C=O) groups is 1. The lowest BCUT2D eigenvalue weighted by molar-refractivity contribution is -0.116. The fourth-order valence-electron chi connectivity index (χ4n) is 2.58. The maximum atomic E-state index is 11.8. The highest BCUT2D eigenvalue weighted by Gasteiger charge is 2.15. The lowest BCUT2D eigenvalue weighted by atomic mass is 10.1. The van der Waals surface area contributed by atoms with E-state index in [9.17, 15) is 4.79 Å². The Morgan fingerprint density at radius 3 is 2.96 bits per heavy atom. The van der Waals surface area contributed by atoms with Crippen LogP contribution in [-0.2, 0) is 11.3 Å². The van der Waals surface area contributed by atoms with Crippen LogP contribution in [0.1, 0.15) is 16.3 Å². The Morgan fingerprint density at radius 1 is 1.38 bits per heavy atom. The molecule has 6 heteroatoms. The number of carbonyl (C=O) groups excluding carboxylic acids is 1. The van der Waals surface area contributed by atoms with Crippen LogP contribution in [0.25, 0.3) is 17.4 Å². The van der Waals surface area contributed by atoms with Crippen molar-refractivity contribution in [1.82, 2.24) is 15.1 Å². The fourth-order valence-corrected chi connectivity index (χ4v) is 3.20. The molecule has 0 atom stereocenters. The monoisotopic (exact) mass is 341 g/mol. The largest absolute Gasteiger partial charge is 0.464 e. The standard InChI is InChI=1S/C18H19N3O2S/c1-13-18(16-6-3-11-23-16)14(2)21(20-13)10-9-19-17(22)8-7-15-5-4-12-24-15/h3-8,11-12H,9-10H2,1-2H3,(H,19,22). The highest BCUT2D eigenvalue weighted by atomic mass is 32.1. The van der Waals surface area contributed by atoms with Crippen molar-refractivity contribution >= 4 is 23.3 Å². The summed E-state index contributed by atoms with van der Waals surface area (Å²) in [6, 6.07) is 7.73. The van der Waals surface area contributed by atoms with E-state index in [1.807, 2.05) is 54.3 Å². The second-order valence-electron chi connectivity index (χ2n) is 5.39. The van der Waals surface area contributed by atoms with Crippen LogP contribution >= 0.6 is 11.3 Å². The number of aromatic nitrogens is 2. The molecule has 0 spiro atoms. The molecule has 3 rings (SSSR count). The van der Waals surface area contributed by atoms with Crippen LogP contribution in [-0.4, -0.2) is 22.2 Å². The van der Waals surface area contributed by atoms with Crippen molar-refractivity contribution in [2.75, 3.05) is 6.54 Å². The van der Waals surface area contributed by atoms with Gasteiger partial charge in [-0.05, 0) is 43.5 Å². The lowest BCUT2D eigenvalue weighted by Gasteiger charge is -2.05. The number of furan rings is 1. The van der Waals surface area contributed by atoms with Crippen LogP contribution in [0.2, 0.25) is 0 Å². The second kappa shape index (κ2) is 7.31. The zero-order chi connectivity index (χ0) is 16.9. The predicted octanol–water partition coefficient (Wildman–Crippen LogP) is 3.65. The molecule has 1 N–H and O–H groups in total. The molecule has 0 aliphatic rings. The Bertz CT molecular complexity index is 830. The zero-order valence-electron chi connectivity index (χ0n) is 13.7. The van der Waals surface area contributed by atoms with Crippen molar-refractivity contribution < 1.29 is 9.21 Å². The molecule has 0 radical (unpaired) electrons. The van der Waals surface area contributed by atoms with E-state index in [0.717, 1.165) is 27.6 Å². The fraction of sp³-hybridized carbons (Fsp3) is 0.222. The van der Waals surface area contributed by atoms with Gasteiger partial charge in [-0.3, -0.25) is 9.48 Å². The predicted molar refractivity (Wildman–Crippen MR) is 95.8 cm³/mol. The summed E-state index contributed by atoms with van der Waals surface area (Å²) in [6.45, 7) is 5.11. The first kappa shape index (κ1) is 16.3. The molecule has 124 valence electrons. The third-order valence-electron chi connectivity index (χ3n) is 3.71. The first-order chi connectivity index (χ1) is 11.6. The molecule has 0 aliphatic heterocycles. The second-order valence-corrected chi connectivity index (χ2v) is 6.37. The molecule has 3 heterocycles. The Labute approximate surface area is 144 Å². The van der Waals surface area contributed by atoms with Crippen molar-refractivity contribution in [2.24, 2.45) is 0 Å². The van der Waals surface area contributed by atoms with Gasteiger partial charge in [-0.1, -0.05) is 6.07 Å². The molecule has 1 amide bonds. The maximum absolute atomic E-state index is 11.8. The SMILES string of the molecule is Cc1nn(CCNC(=O)C=Cc2cccs2)c(C)c1-c1ccco1. The van der Waals surface area contributed by atoms with E-state index in [1.165, 1.54) is 0 Å². The van der Waals surface area contributed by atoms with E-state index in [2.05, 4.69) is 10.4 Å². The summed E-state index contributed by atoms with van der Waals surface area (Å²) in [5, 5.41) is 9.40. The molecule has 0 saturated heterocycles. The van der Waals surface area contributed by atoms with Crippen LogP contribution in [0.4, 0.5) is 0 Å². The first-order valence-corrected chi connectivity index (χ1v) is 8.60. The van der Waals surface area contributed by atoms with Crippen LogP contribution in [0, 0.1) is 13.8 Å².